The third kappa shape index (κ3) is 3.70. The van der Waals surface area contributed by atoms with E-state index < -0.39 is 0 Å². The number of nitrogens with zero attached hydrogens (tertiary/aromatic N) is 1. The largest absolute Gasteiger partial charge is 0.497 e. The highest BCUT2D eigenvalue weighted by Crippen LogP contribution is 2.17. The van der Waals surface area contributed by atoms with Crippen LogP contribution in [0.25, 0.3) is 0 Å². The lowest BCUT2D eigenvalue weighted by Gasteiger charge is -2.11. The highest BCUT2D eigenvalue weighted by atomic mass is 32.1. The minimum atomic E-state index is 0.452. The van der Waals surface area contributed by atoms with E-state index in [0.29, 0.717) is 10.7 Å². The minimum Gasteiger partial charge on any atom is -0.497 e. The molecule has 100 valence electrons. The fourth-order valence-electron chi connectivity index (χ4n) is 1.66. The normalized spacial score (nSPS) is 9.40. The predicted molar refractivity (Wildman–Crippen MR) is 84.0 cm³/mol. The van der Waals surface area contributed by atoms with Crippen molar-refractivity contribution in [2.75, 3.05) is 17.7 Å². The van der Waals surface area contributed by atoms with E-state index in [9.17, 15) is 0 Å². The van der Waals surface area contributed by atoms with E-state index in [1.807, 2.05) is 30.3 Å². The molecule has 2 rings (SSSR count). The molecule has 0 spiro atoms. The second kappa shape index (κ2) is 6.55. The van der Waals surface area contributed by atoms with Crippen molar-refractivity contribution in [1.82, 2.24) is 0 Å². The SMILES string of the molecule is COc1cccc(NC(=S)Nc2cccc(C#N)c2)c1. The number of hydrogen-bond acceptors (Lipinski definition) is 3. The van der Waals surface area contributed by atoms with Crippen LogP contribution in [0.4, 0.5) is 11.4 Å². The molecule has 2 aromatic rings. The van der Waals surface area contributed by atoms with Crippen molar-refractivity contribution in [1.29, 1.82) is 5.26 Å². The van der Waals surface area contributed by atoms with Crippen LogP contribution in [0.15, 0.2) is 48.5 Å². The Morgan fingerprint density at radius 3 is 2.40 bits per heavy atom. The number of thiocarbonyl (C=S) groups is 1. The number of benzene rings is 2. The summed E-state index contributed by atoms with van der Waals surface area (Å²) in [4.78, 5) is 0. The Kier molecular flexibility index (Phi) is 4.53. The number of rotatable bonds is 3. The summed E-state index contributed by atoms with van der Waals surface area (Å²) in [7, 11) is 1.61. The molecule has 2 aromatic carbocycles. The Morgan fingerprint density at radius 2 is 1.75 bits per heavy atom. The van der Waals surface area contributed by atoms with Crippen LogP contribution in [0.3, 0.4) is 0 Å². The van der Waals surface area contributed by atoms with Crippen molar-refractivity contribution in [2.45, 2.75) is 0 Å². The zero-order chi connectivity index (χ0) is 14.4. The molecule has 0 saturated carbocycles. The van der Waals surface area contributed by atoms with Crippen LogP contribution >= 0.6 is 12.2 Å². The van der Waals surface area contributed by atoms with E-state index in [4.69, 9.17) is 22.2 Å². The zero-order valence-electron chi connectivity index (χ0n) is 10.9. The van der Waals surface area contributed by atoms with Gasteiger partial charge >= 0.3 is 0 Å². The first-order chi connectivity index (χ1) is 9.71. The first kappa shape index (κ1) is 13.8. The molecule has 20 heavy (non-hydrogen) atoms. The summed E-state index contributed by atoms with van der Waals surface area (Å²) < 4.78 is 5.15. The molecular weight excluding hydrogens is 270 g/mol. The summed E-state index contributed by atoms with van der Waals surface area (Å²) in [5.41, 5.74) is 2.18. The Morgan fingerprint density at radius 1 is 1.10 bits per heavy atom. The molecule has 0 radical (unpaired) electrons. The van der Waals surface area contributed by atoms with E-state index in [-0.39, 0.29) is 0 Å². The van der Waals surface area contributed by atoms with Crippen molar-refractivity contribution in [3.8, 4) is 11.8 Å². The predicted octanol–water partition coefficient (Wildman–Crippen LogP) is 3.38. The Balaban J connectivity index is 2.03. The minimum absolute atomic E-state index is 0.452. The summed E-state index contributed by atoms with van der Waals surface area (Å²) in [5.74, 6) is 0.754. The molecule has 0 unspecified atom stereocenters. The van der Waals surface area contributed by atoms with Crippen molar-refractivity contribution < 1.29 is 4.74 Å². The second-order valence-corrected chi connectivity index (χ2v) is 4.41. The van der Waals surface area contributed by atoms with E-state index in [1.165, 1.54) is 0 Å². The first-order valence-electron chi connectivity index (χ1n) is 5.93. The summed E-state index contributed by atoms with van der Waals surface area (Å²) in [6.07, 6.45) is 0. The smallest absolute Gasteiger partial charge is 0.175 e. The lowest BCUT2D eigenvalue weighted by molar-refractivity contribution is 0.415. The van der Waals surface area contributed by atoms with E-state index in [2.05, 4.69) is 16.7 Å². The molecule has 0 heterocycles. The maximum Gasteiger partial charge on any atom is 0.175 e. The van der Waals surface area contributed by atoms with Gasteiger partial charge in [0, 0.05) is 17.4 Å². The van der Waals surface area contributed by atoms with Crippen molar-refractivity contribution >= 4 is 28.7 Å². The van der Waals surface area contributed by atoms with Crippen LogP contribution in [0.2, 0.25) is 0 Å². The number of anilines is 2. The zero-order valence-corrected chi connectivity index (χ0v) is 11.7. The summed E-state index contributed by atoms with van der Waals surface area (Å²) >= 11 is 5.23. The van der Waals surface area contributed by atoms with Crippen molar-refractivity contribution in [2.24, 2.45) is 0 Å². The number of nitriles is 1. The number of methoxy groups -OCH3 is 1. The number of hydrogen-bond donors (Lipinski definition) is 2. The maximum atomic E-state index is 8.85. The quantitative estimate of drug-likeness (QED) is 0.846. The maximum absolute atomic E-state index is 8.85. The molecule has 0 aliphatic carbocycles. The monoisotopic (exact) mass is 283 g/mol. The molecule has 0 atom stereocenters. The van der Waals surface area contributed by atoms with Crippen LogP contribution in [0.5, 0.6) is 5.75 Å². The molecule has 0 aliphatic rings. The van der Waals surface area contributed by atoms with Gasteiger partial charge < -0.3 is 15.4 Å². The molecule has 0 fully saturated rings. The summed E-state index contributed by atoms with van der Waals surface area (Å²) in [6, 6.07) is 16.7. The molecule has 2 N–H and O–H groups in total. The number of nitrogens with one attached hydrogen (secondary N) is 2. The lowest BCUT2D eigenvalue weighted by atomic mass is 10.2. The van der Waals surface area contributed by atoms with Gasteiger partial charge in [0.15, 0.2) is 5.11 Å². The molecule has 0 aromatic heterocycles. The van der Waals surface area contributed by atoms with Crippen molar-refractivity contribution in [3.05, 3.63) is 54.1 Å². The Labute approximate surface area is 123 Å². The first-order valence-corrected chi connectivity index (χ1v) is 6.34. The topological polar surface area (TPSA) is 57.1 Å². The fourth-order valence-corrected chi connectivity index (χ4v) is 1.90. The number of ether oxygens (including phenoxy) is 1. The van der Waals surface area contributed by atoms with Gasteiger partial charge in [0.1, 0.15) is 5.75 Å². The van der Waals surface area contributed by atoms with E-state index in [1.54, 1.807) is 25.3 Å². The third-order valence-corrected chi connectivity index (χ3v) is 2.78. The summed E-state index contributed by atoms with van der Waals surface area (Å²) in [5, 5.41) is 15.4. The van der Waals surface area contributed by atoms with Crippen LogP contribution in [-0.2, 0) is 0 Å². The van der Waals surface area contributed by atoms with Crippen LogP contribution in [-0.4, -0.2) is 12.2 Å². The Bertz CT molecular complexity index is 664. The fraction of sp³-hybridized carbons (Fsp3) is 0.0667. The van der Waals surface area contributed by atoms with Crippen LogP contribution < -0.4 is 15.4 Å². The van der Waals surface area contributed by atoms with Gasteiger partial charge in [0.05, 0.1) is 18.7 Å². The molecule has 0 aliphatic heterocycles. The van der Waals surface area contributed by atoms with Crippen molar-refractivity contribution in [3.63, 3.8) is 0 Å². The van der Waals surface area contributed by atoms with Gasteiger partial charge in [-0.2, -0.15) is 5.26 Å². The molecule has 0 amide bonds. The molecule has 5 heteroatoms. The molecular formula is C15H13N3OS. The highest BCUT2D eigenvalue weighted by molar-refractivity contribution is 7.80. The molecule has 0 bridgehead atoms. The van der Waals surface area contributed by atoms with Gasteiger partial charge in [-0.3, -0.25) is 0 Å². The van der Waals surface area contributed by atoms with Gasteiger partial charge in [-0.05, 0) is 42.5 Å². The standard InChI is InChI=1S/C15H13N3OS/c1-19-14-7-3-6-13(9-14)18-15(20)17-12-5-2-4-11(8-12)10-16/h2-9H,1H3,(H2,17,18,20). The second-order valence-electron chi connectivity index (χ2n) is 4.00. The highest BCUT2D eigenvalue weighted by Gasteiger charge is 2.01. The summed E-state index contributed by atoms with van der Waals surface area (Å²) in [6.45, 7) is 0. The van der Waals surface area contributed by atoms with E-state index in [0.717, 1.165) is 17.1 Å². The van der Waals surface area contributed by atoms with Crippen LogP contribution in [0.1, 0.15) is 5.56 Å². The van der Waals surface area contributed by atoms with Gasteiger partial charge in [-0.25, -0.2) is 0 Å². The van der Waals surface area contributed by atoms with Gasteiger partial charge in [0.25, 0.3) is 0 Å². The van der Waals surface area contributed by atoms with E-state index >= 15 is 0 Å². The average molecular weight is 283 g/mol. The Hall–Kier alpha value is -2.58. The average Bonchev–Trinajstić information content (AvgIpc) is 2.47. The van der Waals surface area contributed by atoms with Gasteiger partial charge in [-0.1, -0.05) is 12.1 Å². The molecule has 0 saturated heterocycles. The molecule has 4 nitrogen and oxygen atoms in total. The van der Waals surface area contributed by atoms with Gasteiger partial charge in [0.2, 0.25) is 0 Å². The lowest BCUT2D eigenvalue weighted by Crippen LogP contribution is -2.19. The third-order valence-electron chi connectivity index (χ3n) is 2.58. The van der Waals surface area contributed by atoms with Gasteiger partial charge in [-0.15, -0.1) is 0 Å². The van der Waals surface area contributed by atoms with Crippen LogP contribution in [0, 0.1) is 11.3 Å².